The summed E-state index contributed by atoms with van der Waals surface area (Å²) in [5.41, 5.74) is -0.375. The van der Waals surface area contributed by atoms with E-state index in [-0.39, 0.29) is 5.91 Å². The summed E-state index contributed by atoms with van der Waals surface area (Å²) in [6, 6.07) is 6.22. The molecule has 1 aliphatic rings. The zero-order chi connectivity index (χ0) is 11.9. The fraction of sp³-hybridized carbons (Fsp3) is 0.273. The van der Waals surface area contributed by atoms with E-state index in [0.29, 0.717) is 10.7 Å². The van der Waals surface area contributed by atoms with Gasteiger partial charge in [0.05, 0.1) is 5.69 Å². The number of nitrogens with one attached hydrogen (secondary N) is 1. The fourth-order valence-corrected chi connectivity index (χ4v) is 1.78. The standard InChI is InChI=1S/C11H11ClN2O2/c1-11(2)9(15)14(10(16)13-11)8-5-3-4-7(12)6-8/h3-6H,1-2H3,(H,13,16). The van der Waals surface area contributed by atoms with Crippen LogP contribution in [0.1, 0.15) is 13.8 Å². The Bertz CT molecular complexity index is 471. The Kier molecular flexibility index (Phi) is 2.39. The van der Waals surface area contributed by atoms with Crippen molar-refractivity contribution in [3.05, 3.63) is 29.3 Å². The van der Waals surface area contributed by atoms with Crippen molar-refractivity contribution in [2.45, 2.75) is 19.4 Å². The van der Waals surface area contributed by atoms with Gasteiger partial charge in [0.2, 0.25) is 0 Å². The largest absolute Gasteiger partial charge is 0.329 e. The van der Waals surface area contributed by atoms with Gasteiger partial charge in [0, 0.05) is 5.02 Å². The number of hydrogen-bond donors (Lipinski definition) is 1. The van der Waals surface area contributed by atoms with E-state index >= 15 is 0 Å². The molecule has 0 bridgehead atoms. The third-order valence-electron chi connectivity index (χ3n) is 2.43. The monoisotopic (exact) mass is 238 g/mol. The molecule has 1 heterocycles. The van der Waals surface area contributed by atoms with Crippen LogP contribution in [-0.2, 0) is 4.79 Å². The van der Waals surface area contributed by atoms with Gasteiger partial charge in [-0.3, -0.25) is 4.79 Å². The minimum Gasteiger partial charge on any atom is -0.323 e. The first-order chi connectivity index (χ1) is 7.42. The number of carbonyl (C=O) groups is 2. The average molecular weight is 239 g/mol. The van der Waals surface area contributed by atoms with Crippen molar-refractivity contribution in [1.82, 2.24) is 5.32 Å². The lowest BCUT2D eigenvalue weighted by Crippen LogP contribution is -2.40. The van der Waals surface area contributed by atoms with Crippen LogP contribution in [0.3, 0.4) is 0 Å². The highest BCUT2D eigenvalue weighted by Gasteiger charge is 2.44. The number of urea groups is 1. The molecule has 0 atom stereocenters. The first-order valence-corrected chi connectivity index (χ1v) is 5.22. The molecule has 1 aromatic carbocycles. The van der Waals surface area contributed by atoms with E-state index < -0.39 is 11.6 Å². The lowest BCUT2D eigenvalue weighted by molar-refractivity contribution is -0.120. The lowest BCUT2D eigenvalue weighted by Gasteiger charge is -2.15. The molecule has 3 amide bonds. The van der Waals surface area contributed by atoms with Crippen molar-refractivity contribution in [3.63, 3.8) is 0 Å². The Morgan fingerprint density at radius 3 is 2.50 bits per heavy atom. The van der Waals surface area contributed by atoms with Gasteiger partial charge in [-0.2, -0.15) is 0 Å². The van der Waals surface area contributed by atoms with Gasteiger partial charge >= 0.3 is 6.03 Å². The van der Waals surface area contributed by atoms with Gasteiger partial charge in [-0.1, -0.05) is 17.7 Å². The Balaban J connectivity index is 2.43. The number of benzene rings is 1. The first-order valence-electron chi connectivity index (χ1n) is 4.84. The van der Waals surface area contributed by atoms with Gasteiger partial charge in [-0.15, -0.1) is 0 Å². The van der Waals surface area contributed by atoms with Gasteiger partial charge in [-0.05, 0) is 32.0 Å². The van der Waals surface area contributed by atoms with Crippen LogP contribution in [0.2, 0.25) is 5.02 Å². The molecule has 0 radical (unpaired) electrons. The summed E-state index contributed by atoms with van der Waals surface area (Å²) in [5, 5.41) is 3.09. The normalized spacial score (nSPS) is 18.8. The predicted octanol–water partition coefficient (Wildman–Crippen LogP) is 2.17. The Hall–Kier alpha value is -1.55. The highest BCUT2D eigenvalue weighted by atomic mass is 35.5. The molecule has 0 saturated carbocycles. The summed E-state index contributed by atoms with van der Waals surface area (Å²) >= 11 is 5.82. The van der Waals surface area contributed by atoms with Crippen LogP contribution >= 0.6 is 11.6 Å². The summed E-state index contributed by atoms with van der Waals surface area (Å²) in [5.74, 6) is -0.278. The molecule has 1 aromatic rings. The van der Waals surface area contributed by atoms with Gasteiger partial charge in [-0.25, -0.2) is 9.69 Å². The number of halogens is 1. The molecule has 4 nitrogen and oxygen atoms in total. The van der Waals surface area contributed by atoms with Crippen molar-refractivity contribution >= 4 is 29.2 Å². The van der Waals surface area contributed by atoms with E-state index in [2.05, 4.69) is 5.32 Å². The number of amides is 3. The highest BCUT2D eigenvalue weighted by Crippen LogP contribution is 2.26. The number of anilines is 1. The van der Waals surface area contributed by atoms with E-state index in [9.17, 15) is 9.59 Å². The molecule has 1 saturated heterocycles. The number of rotatable bonds is 1. The van der Waals surface area contributed by atoms with Gasteiger partial charge < -0.3 is 5.32 Å². The van der Waals surface area contributed by atoms with Gasteiger partial charge in [0.25, 0.3) is 5.91 Å². The molecule has 1 fully saturated rings. The summed E-state index contributed by atoms with van der Waals surface area (Å²) in [4.78, 5) is 24.7. The smallest absolute Gasteiger partial charge is 0.323 e. The molecular weight excluding hydrogens is 228 g/mol. The highest BCUT2D eigenvalue weighted by molar-refractivity contribution is 6.31. The van der Waals surface area contributed by atoms with Crippen LogP contribution in [-0.4, -0.2) is 17.5 Å². The zero-order valence-corrected chi connectivity index (χ0v) is 9.71. The second kappa shape index (κ2) is 3.49. The maximum absolute atomic E-state index is 11.9. The van der Waals surface area contributed by atoms with Crippen molar-refractivity contribution in [3.8, 4) is 0 Å². The molecule has 1 N–H and O–H groups in total. The lowest BCUT2D eigenvalue weighted by atomic mass is 10.1. The SMILES string of the molecule is CC1(C)NC(=O)N(c2cccc(Cl)c2)C1=O. The second-order valence-electron chi connectivity index (χ2n) is 4.18. The van der Waals surface area contributed by atoms with Crippen LogP contribution in [0.4, 0.5) is 10.5 Å². The molecular formula is C11H11ClN2O2. The second-order valence-corrected chi connectivity index (χ2v) is 4.61. The maximum Gasteiger partial charge on any atom is 0.329 e. The maximum atomic E-state index is 11.9. The van der Waals surface area contributed by atoms with Crippen LogP contribution in [0, 0.1) is 0 Å². The third-order valence-corrected chi connectivity index (χ3v) is 2.66. The van der Waals surface area contributed by atoms with Crippen molar-refractivity contribution < 1.29 is 9.59 Å². The van der Waals surface area contributed by atoms with E-state index in [0.717, 1.165) is 4.90 Å². The number of carbonyl (C=O) groups excluding carboxylic acids is 2. The zero-order valence-electron chi connectivity index (χ0n) is 8.95. The van der Waals surface area contributed by atoms with E-state index in [4.69, 9.17) is 11.6 Å². The van der Waals surface area contributed by atoms with Crippen LogP contribution in [0.25, 0.3) is 0 Å². The fourth-order valence-electron chi connectivity index (χ4n) is 1.60. The first kappa shape index (κ1) is 11.0. The molecule has 0 unspecified atom stereocenters. The molecule has 1 aliphatic heterocycles. The van der Waals surface area contributed by atoms with E-state index in [1.165, 1.54) is 0 Å². The average Bonchev–Trinajstić information content (AvgIpc) is 2.36. The van der Waals surface area contributed by atoms with Gasteiger partial charge in [0.15, 0.2) is 0 Å². The number of nitrogens with zero attached hydrogens (tertiary/aromatic N) is 1. The topological polar surface area (TPSA) is 49.4 Å². The Morgan fingerprint density at radius 1 is 1.31 bits per heavy atom. The Labute approximate surface area is 98.2 Å². The minimum atomic E-state index is -0.862. The summed E-state index contributed by atoms with van der Waals surface area (Å²) in [7, 11) is 0. The molecule has 16 heavy (non-hydrogen) atoms. The molecule has 84 valence electrons. The van der Waals surface area contributed by atoms with Crippen LogP contribution in [0.5, 0.6) is 0 Å². The number of hydrogen-bond acceptors (Lipinski definition) is 2. The summed E-state index contributed by atoms with van der Waals surface area (Å²) in [6.07, 6.45) is 0. The predicted molar refractivity (Wildman–Crippen MR) is 61.5 cm³/mol. The summed E-state index contributed by atoms with van der Waals surface area (Å²) in [6.45, 7) is 3.33. The molecule has 0 spiro atoms. The molecule has 2 rings (SSSR count). The Morgan fingerprint density at radius 2 is 2.00 bits per heavy atom. The molecule has 0 aliphatic carbocycles. The van der Waals surface area contributed by atoms with Crippen molar-refractivity contribution in [1.29, 1.82) is 0 Å². The van der Waals surface area contributed by atoms with Crippen LogP contribution in [0.15, 0.2) is 24.3 Å². The third kappa shape index (κ3) is 1.65. The number of imide groups is 1. The van der Waals surface area contributed by atoms with Gasteiger partial charge in [0.1, 0.15) is 5.54 Å². The summed E-state index contributed by atoms with van der Waals surface area (Å²) < 4.78 is 0. The van der Waals surface area contributed by atoms with Crippen LogP contribution < -0.4 is 10.2 Å². The quantitative estimate of drug-likeness (QED) is 0.763. The minimum absolute atomic E-state index is 0.278. The van der Waals surface area contributed by atoms with E-state index in [1.807, 2.05) is 0 Å². The van der Waals surface area contributed by atoms with E-state index in [1.54, 1.807) is 38.1 Å². The molecule has 5 heteroatoms. The molecule has 0 aromatic heterocycles. The van der Waals surface area contributed by atoms with Crippen molar-refractivity contribution in [2.24, 2.45) is 0 Å². The van der Waals surface area contributed by atoms with Crippen molar-refractivity contribution in [2.75, 3.05) is 4.90 Å².